The van der Waals surface area contributed by atoms with Crippen molar-refractivity contribution >= 4 is 11.8 Å². The SMILES string of the molecule is C=C(C)[C@@H]1CC[C@]2(C(=O)O)CC[C@]3(C)[C@H](CCC4[C@@]5(C)CCC(=O)C(C)(C)C5C(O)C[C@]43C)C12. The molecular formula is C30H46O4. The molecule has 190 valence electrons. The largest absolute Gasteiger partial charge is 0.481 e. The van der Waals surface area contributed by atoms with Crippen molar-refractivity contribution in [2.24, 2.45) is 56.7 Å². The first-order chi connectivity index (χ1) is 15.7. The van der Waals surface area contributed by atoms with Gasteiger partial charge in [0.25, 0.3) is 0 Å². The molecule has 4 unspecified atom stereocenters. The number of Topliss-reactive ketones (excluding diaryl/α,β-unsaturated/α-hetero) is 1. The van der Waals surface area contributed by atoms with Gasteiger partial charge in [-0.2, -0.15) is 0 Å². The molecule has 34 heavy (non-hydrogen) atoms. The first kappa shape index (κ1) is 24.5. The fraction of sp³-hybridized carbons (Fsp3) is 0.867. The Morgan fingerprint density at radius 2 is 1.65 bits per heavy atom. The van der Waals surface area contributed by atoms with E-state index in [1.165, 1.54) is 0 Å². The maximum Gasteiger partial charge on any atom is 0.309 e. The van der Waals surface area contributed by atoms with Gasteiger partial charge in [0.2, 0.25) is 0 Å². The van der Waals surface area contributed by atoms with Crippen LogP contribution in [0.5, 0.6) is 0 Å². The molecule has 4 nitrogen and oxygen atoms in total. The highest BCUT2D eigenvalue weighted by Gasteiger charge is 2.73. The second kappa shape index (κ2) is 7.20. The summed E-state index contributed by atoms with van der Waals surface area (Å²) < 4.78 is 0. The highest BCUT2D eigenvalue weighted by atomic mass is 16.4. The Balaban J connectivity index is 1.60. The number of aliphatic hydroxyl groups is 1. The van der Waals surface area contributed by atoms with Crippen molar-refractivity contribution in [2.75, 3.05) is 0 Å². The number of rotatable bonds is 2. The molecule has 10 atom stereocenters. The molecule has 0 bridgehead atoms. The quantitative estimate of drug-likeness (QED) is 0.467. The first-order valence-electron chi connectivity index (χ1n) is 13.8. The lowest BCUT2D eigenvalue weighted by Gasteiger charge is -2.72. The monoisotopic (exact) mass is 470 g/mol. The number of carboxylic acids is 1. The fourth-order valence-electron chi connectivity index (χ4n) is 11.5. The number of carboxylic acid groups (broad SMARTS) is 1. The summed E-state index contributed by atoms with van der Waals surface area (Å²) in [5.41, 5.74) is -0.110. The van der Waals surface area contributed by atoms with Gasteiger partial charge in [0, 0.05) is 17.8 Å². The molecule has 4 heteroatoms. The third-order valence-electron chi connectivity index (χ3n) is 13.1. The number of hydrogen-bond acceptors (Lipinski definition) is 3. The van der Waals surface area contributed by atoms with E-state index in [2.05, 4.69) is 48.1 Å². The summed E-state index contributed by atoms with van der Waals surface area (Å²) in [7, 11) is 0. The molecule has 5 fully saturated rings. The molecule has 0 aromatic carbocycles. The van der Waals surface area contributed by atoms with E-state index in [0.29, 0.717) is 24.0 Å². The van der Waals surface area contributed by atoms with Crippen LogP contribution in [0.25, 0.3) is 0 Å². The Morgan fingerprint density at radius 1 is 0.971 bits per heavy atom. The molecular weight excluding hydrogens is 424 g/mol. The van der Waals surface area contributed by atoms with Gasteiger partial charge in [-0.3, -0.25) is 9.59 Å². The van der Waals surface area contributed by atoms with Crippen LogP contribution in [0.3, 0.4) is 0 Å². The van der Waals surface area contributed by atoms with Crippen molar-refractivity contribution in [3.05, 3.63) is 12.2 Å². The van der Waals surface area contributed by atoms with Gasteiger partial charge in [0.05, 0.1) is 11.5 Å². The third kappa shape index (κ3) is 2.70. The zero-order chi connectivity index (χ0) is 25.1. The van der Waals surface area contributed by atoms with Crippen LogP contribution in [0, 0.1) is 56.7 Å². The molecule has 0 spiro atoms. The summed E-state index contributed by atoms with van der Waals surface area (Å²) in [6.45, 7) is 17.8. The third-order valence-corrected chi connectivity index (χ3v) is 13.1. The Labute approximate surface area is 206 Å². The Morgan fingerprint density at radius 3 is 2.26 bits per heavy atom. The van der Waals surface area contributed by atoms with Crippen LogP contribution in [-0.4, -0.2) is 28.1 Å². The molecule has 0 radical (unpaired) electrons. The van der Waals surface area contributed by atoms with Gasteiger partial charge in [-0.1, -0.05) is 46.8 Å². The van der Waals surface area contributed by atoms with Crippen LogP contribution in [0.2, 0.25) is 0 Å². The zero-order valence-corrected chi connectivity index (χ0v) is 22.2. The number of carbonyl (C=O) groups excluding carboxylic acids is 1. The number of aliphatic hydroxyl groups excluding tert-OH is 1. The summed E-state index contributed by atoms with van der Waals surface area (Å²) in [5.74, 6) is 0.916. The lowest BCUT2D eigenvalue weighted by atomic mass is 9.32. The fourth-order valence-corrected chi connectivity index (χ4v) is 11.5. The topological polar surface area (TPSA) is 74.6 Å². The maximum atomic E-state index is 12.9. The number of carbonyl (C=O) groups is 2. The van der Waals surface area contributed by atoms with Crippen LogP contribution in [0.1, 0.15) is 99.3 Å². The average molecular weight is 471 g/mol. The summed E-state index contributed by atoms with van der Waals surface area (Å²) >= 11 is 0. The molecule has 0 aromatic heterocycles. The molecule has 0 heterocycles. The van der Waals surface area contributed by atoms with Crippen LogP contribution in [0.15, 0.2) is 12.2 Å². The smallest absolute Gasteiger partial charge is 0.309 e. The second-order valence-corrected chi connectivity index (χ2v) is 14.4. The maximum absolute atomic E-state index is 12.9. The van der Waals surface area contributed by atoms with Crippen molar-refractivity contribution < 1.29 is 19.8 Å². The Bertz CT molecular complexity index is 936. The minimum absolute atomic E-state index is 0.00387. The minimum Gasteiger partial charge on any atom is -0.481 e. The van der Waals surface area contributed by atoms with E-state index in [-0.39, 0.29) is 34.0 Å². The molecule has 0 aliphatic heterocycles. The molecule has 5 saturated carbocycles. The molecule has 0 aromatic rings. The molecule has 5 aliphatic rings. The van der Waals surface area contributed by atoms with Gasteiger partial charge in [0.15, 0.2) is 0 Å². The van der Waals surface area contributed by atoms with Crippen LogP contribution in [0.4, 0.5) is 0 Å². The van der Waals surface area contributed by atoms with Gasteiger partial charge in [-0.05, 0) is 98.2 Å². The van der Waals surface area contributed by atoms with Crippen molar-refractivity contribution in [1.29, 1.82) is 0 Å². The summed E-state index contributed by atoms with van der Waals surface area (Å²) in [4.78, 5) is 25.7. The van der Waals surface area contributed by atoms with E-state index in [4.69, 9.17) is 0 Å². The Kier molecular flexibility index (Phi) is 5.20. The molecule has 0 amide bonds. The number of ketones is 1. The highest BCUT2D eigenvalue weighted by Crippen LogP contribution is 2.77. The molecule has 2 N–H and O–H groups in total. The van der Waals surface area contributed by atoms with Gasteiger partial charge in [-0.25, -0.2) is 0 Å². The van der Waals surface area contributed by atoms with Crippen molar-refractivity contribution in [3.63, 3.8) is 0 Å². The summed E-state index contributed by atoms with van der Waals surface area (Å²) in [5, 5.41) is 22.2. The van der Waals surface area contributed by atoms with E-state index >= 15 is 0 Å². The number of fused-ring (bicyclic) bond motifs is 7. The van der Waals surface area contributed by atoms with E-state index in [0.717, 1.165) is 56.9 Å². The normalized spacial score (nSPS) is 53.8. The van der Waals surface area contributed by atoms with Crippen LogP contribution < -0.4 is 0 Å². The summed E-state index contributed by atoms with van der Waals surface area (Å²) in [6, 6.07) is 0. The predicted octanol–water partition coefficient (Wildman–Crippen LogP) is 6.27. The van der Waals surface area contributed by atoms with E-state index in [1.807, 2.05) is 0 Å². The standard InChI is InChI=1S/C30H46O4/c1-17(2)18-10-13-30(25(33)34)15-14-28(6)19(23(18)30)8-9-21-27(5)12-11-22(32)26(3,4)24(27)20(31)16-29(21,28)7/h18-21,23-24,31H,1,8-16H2,2-7H3,(H,33,34)/t18-,19+,20?,21?,23?,24?,27+,28+,29+,30-/m0/s1. The number of hydrogen-bond donors (Lipinski definition) is 2. The lowest BCUT2D eigenvalue weighted by Crippen LogP contribution is -2.69. The first-order valence-corrected chi connectivity index (χ1v) is 13.8. The van der Waals surface area contributed by atoms with Crippen molar-refractivity contribution in [2.45, 2.75) is 105 Å². The minimum atomic E-state index is -0.615. The van der Waals surface area contributed by atoms with E-state index in [9.17, 15) is 19.8 Å². The van der Waals surface area contributed by atoms with E-state index in [1.54, 1.807) is 0 Å². The van der Waals surface area contributed by atoms with Gasteiger partial charge >= 0.3 is 5.97 Å². The number of aliphatic carboxylic acids is 1. The van der Waals surface area contributed by atoms with Crippen LogP contribution in [-0.2, 0) is 9.59 Å². The molecule has 5 rings (SSSR count). The summed E-state index contributed by atoms with van der Waals surface area (Å²) in [6.07, 6.45) is 7.24. The number of allylic oxidation sites excluding steroid dienone is 1. The Hall–Kier alpha value is -1.16. The zero-order valence-electron chi connectivity index (χ0n) is 22.2. The van der Waals surface area contributed by atoms with Crippen molar-refractivity contribution in [3.8, 4) is 0 Å². The lowest BCUT2D eigenvalue weighted by molar-refractivity contribution is -0.259. The average Bonchev–Trinajstić information content (AvgIpc) is 3.13. The molecule has 5 aliphatic carbocycles. The highest BCUT2D eigenvalue weighted by molar-refractivity contribution is 5.85. The van der Waals surface area contributed by atoms with Gasteiger partial charge in [0.1, 0.15) is 5.78 Å². The molecule has 0 saturated heterocycles. The van der Waals surface area contributed by atoms with Gasteiger partial charge < -0.3 is 10.2 Å². The van der Waals surface area contributed by atoms with Crippen LogP contribution >= 0.6 is 0 Å². The van der Waals surface area contributed by atoms with Crippen molar-refractivity contribution in [1.82, 2.24) is 0 Å². The second-order valence-electron chi connectivity index (χ2n) is 14.4. The predicted molar refractivity (Wildman–Crippen MR) is 133 cm³/mol. The van der Waals surface area contributed by atoms with Gasteiger partial charge in [-0.15, -0.1) is 0 Å². The van der Waals surface area contributed by atoms with E-state index < -0.39 is 22.9 Å².